The summed E-state index contributed by atoms with van der Waals surface area (Å²) in [5.41, 5.74) is 5.66. The normalized spacial score (nSPS) is 25.6. The minimum atomic E-state index is -4.80. The van der Waals surface area contributed by atoms with Crippen molar-refractivity contribution in [2.45, 2.75) is 31.0 Å². The van der Waals surface area contributed by atoms with Gasteiger partial charge in [-0.2, -0.15) is 0 Å². The molecule has 0 unspecified atom stereocenters. The Morgan fingerprint density at radius 2 is 2.03 bits per heavy atom. The molecule has 4 rings (SSSR count). The molecule has 0 bridgehead atoms. The van der Waals surface area contributed by atoms with E-state index in [0.717, 1.165) is 0 Å². The Hall–Kier alpha value is -2.88. The summed E-state index contributed by atoms with van der Waals surface area (Å²) in [5, 5.41) is 21.9. The molecule has 3 aromatic rings. The van der Waals surface area contributed by atoms with Crippen LogP contribution in [-0.2, 0) is 13.8 Å². The number of phosphoric ester groups is 1. The van der Waals surface area contributed by atoms with E-state index >= 15 is 0 Å². The fourth-order valence-electron chi connectivity index (χ4n) is 3.50. The van der Waals surface area contributed by atoms with E-state index < -0.39 is 38.5 Å². The average molecular weight is 461 g/mol. The number of pyridine rings is 1. The zero-order valence-corrected chi connectivity index (χ0v) is 17.6. The average Bonchev–Trinajstić information content (AvgIpc) is 3.21. The minimum absolute atomic E-state index is 0.160. The molecule has 1 aliphatic heterocycles. The van der Waals surface area contributed by atoms with Crippen LogP contribution in [0, 0.1) is 11.8 Å². The van der Waals surface area contributed by atoms with Crippen LogP contribution >= 0.6 is 7.82 Å². The van der Waals surface area contributed by atoms with Crippen molar-refractivity contribution in [3.63, 3.8) is 0 Å². The van der Waals surface area contributed by atoms with Crippen LogP contribution in [0.2, 0.25) is 0 Å². The number of nitrogen functional groups attached to an aromatic ring is 1. The Balaban J connectivity index is 1.75. The van der Waals surface area contributed by atoms with Crippen molar-refractivity contribution in [2.75, 3.05) is 12.3 Å². The first kappa shape index (κ1) is 22.3. The summed E-state index contributed by atoms with van der Waals surface area (Å²) in [7, 11) is -4.80. The molecule has 0 saturated carbocycles. The fourth-order valence-corrected chi connectivity index (χ4v) is 3.85. The van der Waals surface area contributed by atoms with E-state index in [-0.39, 0.29) is 5.82 Å². The highest BCUT2D eigenvalue weighted by atomic mass is 31.2. The van der Waals surface area contributed by atoms with Crippen LogP contribution in [-0.4, -0.2) is 63.9 Å². The van der Waals surface area contributed by atoms with Gasteiger partial charge in [-0.25, -0.2) is 14.5 Å². The van der Waals surface area contributed by atoms with Gasteiger partial charge in [0, 0.05) is 24.2 Å². The second-order valence-electron chi connectivity index (χ2n) is 7.38. The molecule has 32 heavy (non-hydrogen) atoms. The molecule has 0 aromatic carbocycles. The third kappa shape index (κ3) is 4.23. The maximum absolute atomic E-state index is 11.0. The van der Waals surface area contributed by atoms with Crippen molar-refractivity contribution in [3.8, 4) is 11.8 Å². The molecular weight excluding hydrogens is 441 g/mol. The molecule has 0 amide bonds. The van der Waals surface area contributed by atoms with Gasteiger partial charge in [0.25, 0.3) is 0 Å². The summed E-state index contributed by atoms with van der Waals surface area (Å²) in [6.07, 6.45) is 2.10. The third-order valence-corrected chi connectivity index (χ3v) is 5.56. The first-order chi connectivity index (χ1) is 15.1. The SMILES string of the molecule is C[C@@]1(O)[C@H](O)[C@@H](COP(=O)(O)O)O[C@H]1n1cc(C#Cc2ccncc2)c2c(N)ncnc21. The van der Waals surface area contributed by atoms with Gasteiger partial charge < -0.3 is 35.0 Å². The van der Waals surface area contributed by atoms with Gasteiger partial charge in [-0.15, -0.1) is 0 Å². The first-order valence-corrected chi connectivity index (χ1v) is 10.9. The number of aliphatic hydroxyl groups excluding tert-OH is 1. The van der Waals surface area contributed by atoms with E-state index in [2.05, 4.69) is 31.3 Å². The van der Waals surface area contributed by atoms with Crippen LogP contribution in [0.5, 0.6) is 0 Å². The number of fused-ring (bicyclic) bond motifs is 1. The van der Waals surface area contributed by atoms with Crippen LogP contribution in [0.4, 0.5) is 5.82 Å². The lowest BCUT2D eigenvalue weighted by Crippen LogP contribution is -2.44. The molecule has 6 N–H and O–H groups in total. The Bertz CT molecular complexity index is 1250. The molecule has 1 saturated heterocycles. The molecule has 0 aliphatic carbocycles. The summed E-state index contributed by atoms with van der Waals surface area (Å²) < 4.78 is 22.7. The summed E-state index contributed by atoms with van der Waals surface area (Å²) >= 11 is 0. The zero-order valence-electron chi connectivity index (χ0n) is 16.7. The largest absolute Gasteiger partial charge is 0.469 e. The molecule has 1 aliphatic rings. The van der Waals surface area contributed by atoms with Crippen LogP contribution < -0.4 is 5.73 Å². The third-order valence-electron chi connectivity index (χ3n) is 5.07. The van der Waals surface area contributed by atoms with E-state index in [1.165, 1.54) is 17.8 Å². The Morgan fingerprint density at radius 1 is 1.31 bits per heavy atom. The number of anilines is 1. The topological polar surface area (TPSA) is 186 Å². The molecule has 1 fully saturated rings. The smallest absolute Gasteiger partial charge is 0.387 e. The zero-order chi connectivity index (χ0) is 23.1. The summed E-state index contributed by atoms with van der Waals surface area (Å²) in [6, 6.07) is 3.47. The van der Waals surface area contributed by atoms with Crippen LogP contribution in [0.15, 0.2) is 37.1 Å². The number of nitrogens with two attached hydrogens (primary N) is 1. The van der Waals surface area contributed by atoms with Crippen LogP contribution in [0.25, 0.3) is 11.0 Å². The Labute approximate surface area is 181 Å². The molecular formula is C19H20N5O7P. The van der Waals surface area contributed by atoms with Gasteiger partial charge >= 0.3 is 7.82 Å². The minimum Gasteiger partial charge on any atom is -0.387 e. The van der Waals surface area contributed by atoms with E-state index in [9.17, 15) is 14.8 Å². The van der Waals surface area contributed by atoms with Gasteiger partial charge in [-0.1, -0.05) is 11.8 Å². The number of hydrogen-bond acceptors (Lipinski definition) is 9. The Kier molecular flexibility index (Phi) is 5.74. The number of hydrogen-bond donors (Lipinski definition) is 5. The highest BCUT2D eigenvalue weighted by Crippen LogP contribution is 2.43. The van der Waals surface area contributed by atoms with Crippen LogP contribution in [0.3, 0.4) is 0 Å². The highest BCUT2D eigenvalue weighted by molar-refractivity contribution is 7.46. The number of rotatable bonds is 4. The molecule has 4 heterocycles. The maximum atomic E-state index is 11.0. The van der Waals surface area contributed by atoms with Crippen LogP contribution in [0.1, 0.15) is 24.3 Å². The molecule has 0 radical (unpaired) electrons. The number of phosphoric acid groups is 1. The second kappa shape index (κ2) is 8.23. The predicted octanol–water partition coefficient (Wildman–Crippen LogP) is -0.0731. The predicted molar refractivity (Wildman–Crippen MR) is 111 cm³/mol. The van der Waals surface area contributed by atoms with Gasteiger partial charge in [-0.3, -0.25) is 9.51 Å². The van der Waals surface area contributed by atoms with Crippen molar-refractivity contribution in [1.82, 2.24) is 19.5 Å². The lowest BCUT2D eigenvalue weighted by molar-refractivity contribution is -0.0947. The molecule has 3 aromatic heterocycles. The highest BCUT2D eigenvalue weighted by Gasteiger charge is 2.54. The van der Waals surface area contributed by atoms with Gasteiger partial charge in [0.15, 0.2) is 6.23 Å². The van der Waals surface area contributed by atoms with Crippen molar-refractivity contribution >= 4 is 24.7 Å². The van der Waals surface area contributed by atoms with Crippen molar-refractivity contribution < 1.29 is 33.8 Å². The lowest BCUT2D eigenvalue weighted by atomic mass is 9.96. The van der Waals surface area contributed by atoms with E-state index in [1.54, 1.807) is 30.7 Å². The number of aromatic nitrogens is 4. The summed E-state index contributed by atoms with van der Waals surface area (Å²) in [4.78, 5) is 30.1. The van der Waals surface area contributed by atoms with Gasteiger partial charge in [0.05, 0.1) is 17.6 Å². The molecule has 12 nitrogen and oxygen atoms in total. The quantitative estimate of drug-likeness (QED) is 0.258. The fraction of sp³-hybridized carbons (Fsp3) is 0.316. The molecule has 13 heteroatoms. The van der Waals surface area contributed by atoms with Gasteiger partial charge in [0.2, 0.25) is 0 Å². The maximum Gasteiger partial charge on any atom is 0.469 e. The number of nitrogens with zero attached hydrogens (tertiary/aromatic N) is 4. The van der Waals surface area contributed by atoms with Gasteiger partial charge in [0.1, 0.15) is 35.6 Å². The second-order valence-corrected chi connectivity index (χ2v) is 8.62. The molecule has 168 valence electrons. The van der Waals surface area contributed by atoms with Crippen molar-refractivity contribution in [3.05, 3.63) is 48.2 Å². The summed E-state index contributed by atoms with van der Waals surface area (Å²) in [6.45, 7) is 0.696. The number of aliphatic hydroxyl groups is 2. The summed E-state index contributed by atoms with van der Waals surface area (Å²) in [5.74, 6) is 6.14. The van der Waals surface area contributed by atoms with Gasteiger partial charge in [-0.05, 0) is 19.1 Å². The number of ether oxygens (including phenoxy) is 1. The van der Waals surface area contributed by atoms with E-state index in [1.807, 2.05) is 0 Å². The lowest BCUT2D eigenvalue weighted by Gasteiger charge is -2.27. The Morgan fingerprint density at radius 3 is 2.72 bits per heavy atom. The standard InChI is InChI=1S/C19H20N5O7P/c1-19(26)15(25)13(9-30-32(27,28)29)31-18(19)24-8-12(3-2-11-4-6-21-7-5-11)14-16(20)22-10-23-17(14)24/h4-8,10,13,15,18,25-26H,9H2,1H3,(H2,20,22,23)(H2,27,28,29)/t13-,15-,18-,19-/m1/s1. The molecule has 0 spiro atoms. The van der Waals surface area contributed by atoms with Crippen molar-refractivity contribution in [1.29, 1.82) is 0 Å². The molecule has 4 atom stereocenters. The van der Waals surface area contributed by atoms with Crippen molar-refractivity contribution in [2.24, 2.45) is 0 Å². The first-order valence-electron chi connectivity index (χ1n) is 9.37. The van der Waals surface area contributed by atoms with E-state index in [4.69, 9.17) is 20.3 Å². The van der Waals surface area contributed by atoms with E-state index in [0.29, 0.717) is 22.2 Å². The monoisotopic (exact) mass is 461 g/mol.